The molecular formula is C19H23N3O3. The van der Waals surface area contributed by atoms with Gasteiger partial charge in [-0.1, -0.05) is 29.8 Å². The fraction of sp³-hybridized carbons (Fsp3) is 0.421. The minimum absolute atomic E-state index is 0.147. The van der Waals surface area contributed by atoms with Crippen LogP contribution < -0.4 is 5.32 Å². The third kappa shape index (κ3) is 3.73. The minimum Gasteiger partial charge on any atom is -0.444 e. The summed E-state index contributed by atoms with van der Waals surface area (Å²) in [5.41, 5.74) is 1.46. The average Bonchev–Trinajstić information content (AvgIpc) is 3.05. The maximum Gasteiger partial charge on any atom is 0.413 e. The average molecular weight is 341 g/mol. The number of rotatable bonds is 3. The van der Waals surface area contributed by atoms with Crippen molar-refractivity contribution in [3.05, 3.63) is 46.9 Å². The molecule has 1 aromatic carbocycles. The highest BCUT2D eigenvalue weighted by Gasteiger charge is 2.28. The van der Waals surface area contributed by atoms with Gasteiger partial charge in [0.25, 0.3) is 0 Å². The van der Waals surface area contributed by atoms with E-state index < -0.39 is 11.7 Å². The Morgan fingerprint density at radius 2 is 1.88 bits per heavy atom. The van der Waals surface area contributed by atoms with E-state index in [1.54, 1.807) is 32.9 Å². The minimum atomic E-state index is -0.617. The van der Waals surface area contributed by atoms with Gasteiger partial charge in [0, 0.05) is 18.5 Å². The zero-order chi connectivity index (χ0) is 18.2. The molecule has 6 nitrogen and oxygen atoms in total. The Morgan fingerprint density at radius 3 is 2.52 bits per heavy atom. The van der Waals surface area contributed by atoms with Crippen molar-refractivity contribution in [1.29, 1.82) is 0 Å². The van der Waals surface area contributed by atoms with E-state index in [1.165, 1.54) is 0 Å². The van der Waals surface area contributed by atoms with E-state index in [2.05, 4.69) is 10.3 Å². The summed E-state index contributed by atoms with van der Waals surface area (Å²) in [4.78, 5) is 29.6. The highest BCUT2D eigenvalue weighted by atomic mass is 16.6. The van der Waals surface area contributed by atoms with Crippen LogP contribution in [0.2, 0.25) is 0 Å². The monoisotopic (exact) mass is 341 g/mol. The zero-order valence-electron chi connectivity index (χ0n) is 15.0. The van der Waals surface area contributed by atoms with Crippen LogP contribution in [0.15, 0.2) is 24.3 Å². The number of nitrogens with zero attached hydrogens (tertiary/aromatic N) is 2. The van der Waals surface area contributed by atoms with Gasteiger partial charge in [0.15, 0.2) is 5.82 Å². The molecule has 132 valence electrons. The fourth-order valence-electron chi connectivity index (χ4n) is 2.89. The number of anilines is 1. The van der Waals surface area contributed by atoms with Gasteiger partial charge in [-0.05, 0) is 34.1 Å². The van der Waals surface area contributed by atoms with E-state index in [9.17, 15) is 9.59 Å². The fourth-order valence-corrected chi connectivity index (χ4v) is 2.89. The van der Waals surface area contributed by atoms with Crippen LogP contribution in [0.5, 0.6) is 0 Å². The molecule has 1 aliphatic heterocycles. The lowest BCUT2D eigenvalue weighted by Crippen LogP contribution is -2.28. The summed E-state index contributed by atoms with van der Waals surface area (Å²) < 4.78 is 7.19. The molecule has 0 fully saturated rings. The van der Waals surface area contributed by atoms with Crippen LogP contribution in [0, 0.1) is 6.92 Å². The van der Waals surface area contributed by atoms with E-state index >= 15 is 0 Å². The van der Waals surface area contributed by atoms with Gasteiger partial charge in [0.2, 0.25) is 5.78 Å². The summed E-state index contributed by atoms with van der Waals surface area (Å²) in [6.45, 7) is 8.07. The number of carbonyl (C=O) groups is 2. The number of hydrogen-bond donors (Lipinski definition) is 1. The Balaban J connectivity index is 1.93. The summed E-state index contributed by atoms with van der Waals surface area (Å²) in [5.74, 6) is 0.947. The first kappa shape index (κ1) is 17.2. The van der Waals surface area contributed by atoms with Gasteiger partial charge in [-0.3, -0.25) is 10.1 Å². The van der Waals surface area contributed by atoms with Crippen LogP contribution in [0.25, 0.3) is 0 Å². The number of imidazole rings is 1. The van der Waals surface area contributed by atoms with Gasteiger partial charge >= 0.3 is 6.09 Å². The van der Waals surface area contributed by atoms with Crippen LogP contribution >= 0.6 is 0 Å². The van der Waals surface area contributed by atoms with Crippen molar-refractivity contribution in [2.75, 3.05) is 5.32 Å². The molecular weight excluding hydrogens is 318 g/mol. The second-order valence-electron chi connectivity index (χ2n) is 7.30. The number of aromatic nitrogens is 2. The van der Waals surface area contributed by atoms with Crippen molar-refractivity contribution in [3.8, 4) is 0 Å². The van der Waals surface area contributed by atoms with Gasteiger partial charge in [-0.15, -0.1) is 0 Å². The Labute approximate surface area is 147 Å². The number of ketones is 1. The number of amides is 1. The lowest BCUT2D eigenvalue weighted by molar-refractivity contribution is 0.0635. The molecule has 2 aromatic rings. The largest absolute Gasteiger partial charge is 0.444 e. The van der Waals surface area contributed by atoms with Gasteiger partial charge in [0.05, 0.1) is 0 Å². The van der Waals surface area contributed by atoms with Crippen LogP contribution in [0.1, 0.15) is 54.6 Å². The number of hydrogen-bond acceptors (Lipinski definition) is 4. The molecule has 2 heterocycles. The Morgan fingerprint density at radius 1 is 1.20 bits per heavy atom. The second kappa shape index (κ2) is 6.35. The number of aryl methyl sites for hydroxylation is 2. The number of nitrogens with one attached hydrogen (secondary N) is 1. The first-order valence-corrected chi connectivity index (χ1v) is 8.45. The van der Waals surface area contributed by atoms with E-state index in [0.29, 0.717) is 11.3 Å². The lowest BCUT2D eigenvalue weighted by atomic mass is 10.1. The van der Waals surface area contributed by atoms with Gasteiger partial charge < -0.3 is 9.30 Å². The number of benzene rings is 1. The topological polar surface area (TPSA) is 73.2 Å². The summed E-state index contributed by atoms with van der Waals surface area (Å²) in [6, 6.07) is 7.39. The van der Waals surface area contributed by atoms with E-state index in [0.717, 1.165) is 30.8 Å². The standard InChI is InChI=1S/C19H23N3O3/c1-12-7-9-13(10-8-12)16(23)15-17(20-14-6-5-11-22(14)15)21-18(24)25-19(2,3)4/h7-10H,5-6,11H2,1-4H3,(H,21,24). The van der Waals surface area contributed by atoms with Crippen molar-refractivity contribution in [3.63, 3.8) is 0 Å². The van der Waals surface area contributed by atoms with Gasteiger partial charge in [-0.2, -0.15) is 0 Å². The predicted molar refractivity (Wildman–Crippen MR) is 95.0 cm³/mol. The second-order valence-corrected chi connectivity index (χ2v) is 7.30. The van der Waals surface area contributed by atoms with E-state index in [-0.39, 0.29) is 11.6 Å². The van der Waals surface area contributed by atoms with Crippen LogP contribution in [0.3, 0.4) is 0 Å². The smallest absolute Gasteiger partial charge is 0.413 e. The number of carbonyl (C=O) groups excluding carboxylic acids is 2. The molecule has 1 amide bonds. The Kier molecular flexibility index (Phi) is 4.37. The third-order valence-corrected chi connectivity index (χ3v) is 3.98. The Bertz CT molecular complexity index is 814. The normalized spacial score (nSPS) is 13.4. The summed E-state index contributed by atoms with van der Waals surface area (Å²) >= 11 is 0. The molecule has 6 heteroatoms. The first-order valence-electron chi connectivity index (χ1n) is 8.45. The van der Waals surface area contributed by atoms with E-state index in [4.69, 9.17) is 4.74 Å². The molecule has 0 spiro atoms. The highest BCUT2D eigenvalue weighted by Crippen LogP contribution is 2.27. The third-order valence-electron chi connectivity index (χ3n) is 3.98. The van der Waals surface area contributed by atoms with Gasteiger partial charge in [0.1, 0.15) is 17.1 Å². The summed E-state index contributed by atoms with van der Waals surface area (Å²) in [7, 11) is 0. The van der Waals surface area contributed by atoms with Crippen molar-refractivity contribution in [2.45, 2.75) is 52.7 Å². The molecule has 0 saturated carbocycles. The van der Waals surface area contributed by atoms with Crippen molar-refractivity contribution in [1.82, 2.24) is 9.55 Å². The molecule has 0 bridgehead atoms. The molecule has 1 aliphatic rings. The number of ether oxygens (including phenoxy) is 1. The summed E-state index contributed by atoms with van der Waals surface area (Å²) in [5, 5.41) is 2.64. The zero-order valence-corrected chi connectivity index (χ0v) is 15.0. The first-order chi connectivity index (χ1) is 11.7. The molecule has 0 atom stereocenters. The molecule has 0 unspecified atom stereocenters. The molecule has 0 aliphatic carbocycles. The molecule has 1 aromatic heterocycles. The maximum absolute atomic E-state index is 13.0. The number of fused-ring (bicyclic) bond motifs is 1. The summed E-state index contributed by atoms with van der Waals surface area (Å²) in [6.07, 6.45) is 1.13. The van der Waals surface area contributed by atoms with Crippen LogP contribution in [0.4, 0.5) is 10.6 Å². The highest BCUT2D eigenvalue weighted by molar-refractivity contribution is 6.12. The lowest BCUT2D eigenvalue weighted by Gasteiger charge is -2.19. The van der Waals surface area contributed by atoms with E-state index in [1.807, 2.05) is 23.6 Å². The predicted octanol–water partition coefficient (Wildman–Crippen LogP) is 3.72. The molecule has 1 N–H and O–H groups in total. The van der Waals surface area contributed by atoms with Gasteiger partial charge in [-0.25, -0.2) is 9.78 Å². The molecule has 25 heavy (non-hydrogen) atoms. The SMILES string of the molecule is Cc1ccc(C(=O)c2c(NC(=O)OC(C)(C)C)nc3n2CCC3)cc1. The maximum atomic E-state index is 13.0. The Hall–Kier alpha value is -2.63. The van der Waals surface area contributed by atoms with Crippen molar-refractivity contribution >= 4 is 17.7 Å². The van der Waals surface area contributed by atoms with Crippen LogP contribution in [-0.4, -0.2) is 27.0 Å². The van der Waals surface area contributed by atoms with Crippen LogP contribution in [-0.2, 0) is 17.7 Å². The molecule has 0 saturated heterocycles. The van der Waals surface area contributed by atoms with Crippen molar-refractivity contribution in [2.24, 2.45) is 0 Å². The quantitative estimate of drug-likeness (QED) is 0.864. The molecule has 3 rings (SSSR count). The van der Waals surface area contributed by atoms with Crippen molar-refractivity contribution < 1.29 is 14.3 Å². The molecule has 0 radical (unpaired) electrons.